The van der Waals surface area contributed by atoms with Crippen molar-refractivity contribution in [2.45, 2.75) is 27.7 Å². The first-order valence-corrected chi connectivity index (χ1v) is 7.13. The van der Waals surface area contributed by atoms with Gasteiger partial charge in [0.2, 0.25) is 0 Å². The molecule has 0 amide bonds. The highest BCUT2D eigenvalue weighted by Crippen LogP contribution is 2.32. The Hall–Kier alpha value is -1.34. The summed E-state index contributed by atoms with van der Waals surface area (Å²) in [6, 6.07) is 17.1. The van der Waals surface area contributed by atoms with Crippen molar-refractivity contribution in [2.24, 2.45) is 5.41 Å². The predicted octanol–water partition coefficient (Wildman–Crippen LogP) is 6.11. The molecule has 0 radical (unpaired) electrons. The molecule has 1 aromatic heterocycles. The summed E-state index contributed by atoms with van der Waals surface area (Å²) in [4.78, 5) is 0. The Balaban J connectivity index is 0.000000209. The third-order valence-electron chi connectivity index (χ3n) is 2.28. The second kappa shape index (κ2) is 5.11. The number of rotatable bonds is 0. The molecule has 94 valence electrons. The third kappa shape index (κ3) is 3.33. The van der Waals surface area contributed by atoms with E-state index in [9.17, 15) is 0 Å². The van der Waals surface area contributed by atoms with Crippen LogP contribution in [0.3, 0.4) is 0 Å². The minimum absolute atomic E-state index is 0.500. The van der Waals surface area contributed by atoms with E-state index in [0.29, 0.717) is 5.41 Å². The fraction of sp³-hybridized carbons (Fsp3) is 0.294. The molecule has 0 unspecified atom stereocenters. The molecule has 0 bridgehead atoms. The summed E-state index contributed by atoms with van der Waals surface area (Å²) in [5.74, 6) is 0. The van der Waals surface area contributed by atoms with Crippen LogP contribution in [0.1, 0.15) is 27.7 Å². The fourth-order valence-corrected chi connectivity index (χ4v) is 2.78. The molecule has 2 aromatic carbocycles. The van der Waals surface area contributed by atoms with Crippen molar-refractivity contribution in [3.8, 4) is 0 Å². The maximum atomic E-state index is 2.19. The van der Waals surface area contributed by atoms with Gasteiger partial charge in [0.25, 0.3) is 0 Å². The van der Waals surface area contributed by atoms with Crippen molar-refractivity contribution < 1.29 is 0 Å². The minimum Gasteiger partial charge on any atom is -0.135 e. The molecular weight excluding hydrogens is 236 g/mol. The zero-order chi connectivity index (χ0) is 13.2. The van der Waals surface area contributed by atoms with Gasteiger partial charge in [0, 0.05) is 20.2 Å². The molecule has 1 heteroatoms. The molecular formula is C17H20S. The molecule has 0 atom stereocenters. The molecule has 0 saturated carbocycles. The zero-order valence-electron chi connectivity index (χ0n) is 11.5. The molecule has 0 saturated heterocycles. The maximum Gasteiger partial charge on any atom is 0.0355 e. The van der Waals surface area contributed by atoms with Crippen LogP contribution in [0.5, 0.6) is 0 Å². The number of thiophene rings is 1. The van der Waals surface area contributed by atoms with E-state index < -0.39 is 0 Å². The third-order valence-corrected chi connectivity index (χ3v) is 3.44. The molecule has 0 spiro atoms. The Morgan fingerprint density at radius 2 is 1.00 bits per heavy atom. The molecule has 0 aliphatic rings. The summed E-state index contributed by atoms with van der Waals surface area (Å²) >= 11 is 1.86. The van der Waals surface area contributed by atoms with Gasteiger partial charge in [-0.2, -0.15) is 0 Å². The number of fused-ring (bicyclic) bond motifs is 3. The van der Waals surface area contributed by atoms with Gasteiger partial charge in [-0.05, 0) is 17.5 Å². The monoisotopic (exact) mass is 256 g/mol. The Labute approximate surface area is 113 Å². The highest BCUT2D eigenvalue weighted by molar-refractivity contribution is 7.25. The highest BCUT2D eigenvalue weighted by Gasteiger charge is 2.01. The van der Waals surface area contributed by atoms with E-state index in [2.05, 4.69) is 76.2 Å². The van der Waals surface area contributed by atoms with Crippen molar-refractivity contribution in [1.82, 2.24) is 0 Å². The first-order chi connectivity index (χ1) is 8.45. The van der Waals surface area contributed by atoms with Gasteiger partial charge in [0.1, 0.15) is 0 Å². The van der Waals surface area contributed by atoms with E-state index in [0.717, 1.165) is 0 Å². The van der Waals surface area contributed by atoms with E-state index in [1.165, 1.54) is 20.2 Å². The van der Waals surface area contributed by atoms with Gasteiger partial charge in [-0.15, -0.1) is 11.3 Å². The van der Waals surface area contributed by atoms with E-state index >= 15 is 0 Å². The van der Waals surface area contributed by atoms with E-state index in [4.69, 9.17) is 0 Å². The molecule has 1 heterocycles. The normalized spacial score (nSPS) is 11.3. The first kappa shape index (κ1) is 13.1. The van der Waals surface area contributed by atoms with Gasteiger partial charge in [-0.1, -0.05) is 64.1 Å². The molecule has 0 aliphatic heterocycles. The number of benzene rings is 2. The summed E-state index contributed by atoms with van der Waals surface area (Å²) < 4.78 is 2.76. The van der Waals surface area contributed by atoms with E-state index in [1.54, 1.807) is 0 Å². The zero-order valence-corrected chi connectivity index (χ0v) is 12.3. The molecule has 0 fully saturated rings. The molecule has 3 rings (SSSR count). The average molecular weight is 256 g/mol. The standard InChI is InChI=1S/C12H8S.C5H12/c1-3-7-11-9(5-1)10-6-2-4-8-12(10)13-11;1-5(2,3)4/h1-8H;1-4H3. The Morgan fingerprint density at radius 3 is 1.39 bits per heavy atom. The summed E-state index contributed by atoms with van der Waals surface area (Å²) in [7, 11) is 0. The minimum atomic E-state index is 0.500. The van der Waals surface area contributed by atoms with Crippen LogP contribution in [-0.2, 0) is 0 Å². The molecule has 0 aliphatic carbocycles. The van der Waals surface area contributed by atoms with Crippen LogP contribution < -0.4 is 0 Å². The van der Waals surface area contributed by atoms with Crippen LogP contribution in [0.25, 0.3) is 20.2 Å². The van der Waals surface area contributed by atoms with Gasteiger partial charge in [0.15, 0.2) is 0 Å². The Morgan fingerprint density at radius 1 is 0.667 bits per heavy atom. The van der Waals surface area contributed by atoms with Crippen molar-refractivity contribution in [3.05, 3.63) is 48.5 Å². The van der Waals surface area contributed by atoms with Gasteiger partial charge in [-0.3, -0.25) is 0 Å². The second-order valence-electron chi connectivity index (χ2n) is 6.09. The topological polar surface area (TPSA) is 0 Å². The summed E-state index contributed by atoms with van der Waals surface area (Å²) in [5, 5.41) is 2.76. The van der Waals surface area contributed by atoms with Gasteiger partial charge in [0.05, 0.1) is 0 Å². The summed E-state index contributed by atoms with van der Waals surface area (Å²) in [5.41, 5.74) is 0.500. The summed E-state index contributed by atoms with van der Waals surface area (Å²) in [6.07, 6.45) is 0. The first-order valence-electron chi connectivity index (χ1n) is 6.31. The van der Waals surface area contributed by atoms with Crippen LogP contribution in [0, 0.1) is 5.41 Å². The Bertz CT molecular complexity index is 585. The van der Waals surface area contributed by atoms with Crippen molar-refractivity contribution in [3.63, 3.8) is 0 Å². The van der Waals surface area contributed by atoms with Crippen LogP contribution >= 0.6 is 11.3 Å². The summed E-state index contributed by atoms with van der Waals surface area (Å²) in [6.45, 7) is 8.75. The van der Waals surface area contributed by atoms with Crippen LogP contribution in [0.15, 0.2) is 48.5 Å². The van der Waals surface area contributed by atoms with Crippen LogP contribution in [0.4, 0.5) is 0 Å². The SMILES string of the molecule is CC(C)(C)C.c1ccc2c(c1)sc1ccccc12. The second-order valence-corrected chi connectivity index (χ2v) is 7.18. The van der Waals surface area contributed by atoms with E-state index in [1.807, 2.05) is 11.3 Å². The number of hydrogen-bond donors (Lipinski definition) is 0. The molecule has 0 nitrogen and oxygen atoms in total. The van der Waals surface area contributed by atoms with Crippen LogP contribution in [-0.4, -0.2) is 0 Å². The van der Waals surface area contributed by atoms with Gasteiger partial charge in [-0.25, -0.2) is 0 Å². The fourth-order valence-electron chi connectivity index (χ4n) is 1.67. The Kier molecular flexibility index (Phi) is 3.72. The molecule has 3 aromatic rings. The van der Waals surface area contributed by atoms with Crippen LogP contribution in [0.2, 0.25) is 0 Å². The lowest BCUT2D eigenvalue weighted by Crippen LogP contribution is -1.93. The average Bonchev–Trinajstić information content (AvgIpc) is 2.65. The quantitative estimate of drug-likeness (QED) is 0.455. The predicted molar refractivity (Wildman–Crippen MR) is 84.5 cm³/mol. The van der Waals surface area contributed by atoms with Crippen molar-refractivity contribution >= 4 is 31.5 Å². The van der Waals surface area contributed by atoms with Crippen molar-refractivity contribution in [2.75, 3.05) is 0 Å². The van der Waals surface area contributed by atoms with Crippen molar-refractivity contribution in [1.29, 1.82) is 0 Å². The maximum absolute atomic E-state index is 2.19. The lowest BCUT2D eigenvalue weighted by molar-refractivity contribution is 0.469. The smallest absolute Gasteiger partial charge is 0.0355 e. The number of hydrogen-bond acceptors (Lipinski definition) is 1. The lowest BCUT2D eigenvalue weighted by atomic mass is 10.0. The largest absolute Gasteiger partial charge is 0.135 e. The van der Waals surface area contributed by atoms with Gasteiger partial charge < -0.3 is 0 Å². The van der Waals surface area contributed by atoms with Gasteiger partial charge >= 0.3 is 0 Å². The molecule has 0 N–H and O–H groups in total. The molecule has 18 heavy (non-hydrogen) atoms. The highest BCUT2D eigenvalue weighted by atomic mass is 32.1. The lowest BCUT2D eigenvalue weighted by Gasteiger charge is -2.05. The van der Waals surface area contributed by atoms with E-state index in [-0.39, 0.29) is 0 Å².